The van der Waals surface area contributed by atoms with Crippen LogP contribution in [0.3, 0.4) is 0 Å². The first kappa shape index (κ1) is 8.95. The predicted octanol–water partition coefficient (Wildman–Crippen LogP) is -2.08. The lowest BCUT2D eigenvalue weighted by molar-refractivity contribution is -0.137. The molecule has 0 radical (unpaired) electrons. The van der Waals surface area contributed by atoms with Crippen molar-refractivity contribution in [2.75, 3.05) is 20.1 Å². The summed E-state index contributed by atoms with van der Waals surface area (Å²) in [6.45, 7) is 0.416. The van der Waals surface area contributed by atoms with Crippen molar-refractivity contribution in [2.24, 2.45) is 0 Å². The van der Waals surface area contributed by atoms with Crippen LogP contribution in [0.2, 0.25) is 0 Å². The highest BCUT2D eigenvalue weighted by Crippen LogP contribution is 1.99. The van der Waals surface area contributed by atoms with Gasteiger partial charge in [-0.2, -0.15) is 0 Å². The van der Waals surface area contributed by atoms with E-state index in [0.29, 0.717) is 0 Å². The van der Waals surface area contributed by atoms with Gasteiger partial charge in [-0.25, -0.2) is 5.48 Å². The van der Waals surface area contributed by atoms with E-state index < -0.39 is 11.9 Å². The lowest BCUT2D eigenvalue weighted by Crippen LogP contribution is -2.58. The molecule has 12 heavy (non-hydrogen) atoms. The minimum atomic E-state index is -0.502. The van der Waals surface area contributed by atoms with Gasteiger partial charge >= 0.3 is 0 Å². The van der Waals surface area contributed by atoms with E-state index in [9.17, 15) is 9.59 Å². The van der Waals surface area contributed by atoms with E-state index in [-0.39, 0.29) is 19.0 Å². The van der Waals surface area contributed by atoms with Gasteiger partial charge in [0.25, 0.3) is 5.91 Å². The van der Waals surface area contributed by atoms with Crippen molar-refractivity contribution in [3.05, 3.63) is 0 Å². The number of nitrogens with zero attached hydrogens (tertiary/aromatic N) is 1. The topological polar surface area (TPSA) is 81.7 Å². The normalized spacial score (nSPS) is 24.8. The number of hydroxylamine groups is 1. The SMILES string of the molecule is CN1CC(=O)NCC1C(=O)NO. The molecule has 6 nitrogen and oxygen atoms in total. The molecule has 1 rings (SSSR count). The fourth-order valence-electron chi connectivity index (χ4n) is 1.13. The van der Waals surface area contributed by atoms with Gasteiger partial charge in [-0.15, -0.1) is 0 Å². The first-order valence-corrected chi connectivity index (χ1v) is 3.56. The van der Waals surface area contributed by atoms with E-state index in [2.05, 4.69) is 5.32 Å². The van der Waals surface area contributed by atoms with Crippen LogP contribution in [-0.4, -0.2) is 48.1 Å². The Hall–Kier alpha value is -1.14. The molecule has 0 aromatic carbocycles. The third kappa shape index (κ3) is 1.72. The van der Waals surface area contributed by atoms with Crippen LogP contribution in [0.1, 0.15) is 0 Å². The molecule has 0 aliphatic carbocycles. The van der Waals surface area contributed by atoms with E-state index in [1.807, 2.05) is 0 Å². The molecular formula is C6H11N3O3. The summed E-state index contributed by atoms with van der Waals surface area (Å²) in [6, 6.07) is -0.479. The number of amides is 2. The molecule has 0 aromatic heterocycles. The Morgan fingerprint density at radius 2 is 2.50 bits per heavy atom. The van der Waals surface area contributed by atoms with Gasteiger partial charge in [-0.3, -0.25) is 19.7 Å². The van der Waals surface area contributed by atoms with Gasteiger partial charge in [0.1, 0.15) is 6.04 Å². The number of rotatable bonds is 1. The smallest absolute Gasteiger partial charge is 0.262 e. The van der Waals surface area contributed by atoms with Crippen molar-refractivity contribution in [3.8, 4) is 0 Å². The summed E-state index contributed by atoms with van der Waals surface area (Å²) in [6.07, 6.45) is 0. The van der Waals surface area contributed by atoms with Crippen molar-refractivity contribution in [3.63, 3.8) is 0 Å². The van der Waals surface area contributed by atoms with Crippen LogP contribution in [0.15, 0.2) is 0 Å². The number of hydrogen-bond donors (Lipinski definition) is 3. The van der Waals surface area contributed by atoms with Gasteiger partial charge < -0.3 is 5.32 Å². The second kappa shape index (κ2) is 3.51. The Kier molecular flexibility index (Phi) is 2.61. The fraction of sp³-hybridized carbons (Fsp3) is 0.667. The Morgan fingerprint density at radius 3 is 3.00 bits per heavy atom. The maximum absolute atomic E-state index is 10.9. The highest BCUT2D eigenvalue weighted by Gasteiger charge is 2.28. The zero-order chi connectivity index (χ0) is 9.14. The molecule has 6 heteroatoms. The third-order valence-electron chi connectivity index (χ3n) is 1.83. The molecule has 0 saturated carbocycles. The largest absolute Gasteiger partial charge is 0.353 e. The molecule has 2 amide bonds. The third-order valence-corrected chi connectivity index (χ3v) is 1.83. The lowest BCUT2D eigenvalue weighted by atomic mass is 10.2. The minimum Gasteiger partial charge on any atom is -0.353 e. The summed E-state index contributed by atoms with van der Waals surface area (Å²) < 4.78 is 0. The number of hydrogen-bond acceptors (Lipinski definition) is 4. The zero-order valence-electron chi connectivity index (χ0n) is 6.70. The lowest BCUT2D eigenvalue weighted by Gasteiger charge is -2.30. The Morgan fingerprint density at radius 1 is 1.83 bits per heavy atom. The van der Waals surface area contributed by atoms with Gasteiger partial charge in [-0.1, -0.05) is 0 Å². The van der Waals surface area contributed by atoms with Gasteiger partial charge in [0.2, 0.25) is 5.91 Å². The Balaban J connectivity index is 2.56. The van der Waals surface area contributed by atoms with Crippen LogP contribution >= 0.6 is 0 Å². The number of nitrogens with one attached hydrogen (secondary N) is 2. The van der Waals surface area contributed by atoms with E-state index in [1.54, 1.807) is 17.4 Å². The molecule has 1 atom stereocenters. The summed E-state index contributed by atoms with van der Waals surface area (Å²) in [7, 11) is 1.65. The maximum atomic E-state index is 10.9. The van der Waals surface area contributed by atoms with Crippen LogP contribution in [0.5, 0.6) is 0 Å². The van der Waals surface area contributed by atoms with Gasteiger partial charge in [0.15, 0.2) is 0 Å². The van der Waals surface area contributed by atoms with Crippen LogP contribution in [0.25, 0.3) is 0 Å². The monoisotopic (exact) mass is 173 g/mol. The predicted molar refractivity (Wildman–Crippen MR) is 39.4 cm³/mol. The van der Waals surface area contributed by atoms with Crippen LogP contribution in [0, 0.1) is 0 Å². The molecule has 0 aromatic rings. The molecule has 1 unspecified atom stereocenters. The molecule has 1 aliphatic heterocycles. The van der Waals surface area contributed by atoms with E-state index >= 15 is 0 Å². The van der Waals surface area contributed by atoms with Crippen LogP contribution in [0.4, 0.5) is 0 Å². The van der Waals surface area contributed by atoms with Gasteiger partial charge in [0, 0.05) is 6.54 Å². The second-order valence-electron chi connectivity index (χ2n) is 2.71. The molecule has 0 bridgehead atoms. The highest BCUT2D eigenvalue weighted by molar-refractivity contribution is 5.86. The molecule has 68 valence electrons. The molecule has 3 N–H and O–H groups in total. The minimum absolute atomic E-state index is 0.112. The second-order valence-corrected chi connectivity index (χ2v) is 2.71. The molecule has 1 saturated heterocycles. The standard InChI is InChI=1S/C6H11N3O3/c1-9-3-5(10)7-2-4(9)6(11)8-12/h4,12H,2-3H2,1H3,(H,7,10)(H,8,11). The van der Waals surface area contributed by atoms with Crippen molar-refractivity contribution in [2.45, 2.75) is 6.04 Å². The van der Waals surface area contributed by atoms with Crippen molar-refractivity contribution < 1.29 is 14.8 Å². The zero-order valence-corrected chi connectivity index (χ0v) is 6.70. The van der Waals surface area contributed by atoms with E-state index in [4.69, 9.17) is 5.21 Å². The van der Waals surface area contributed by atoms with Crippen molar-refractivity contribution in [1.82, 2.24) is 15.7 Å². The average molecular weight is 173 g/mol. The molecule has 1 heterocycles. The van der Waals surface area contributed by atoms with Crippen LogP contribution < -0.4 is 10.8 Å². The fourth-order valence-corrected chi connectivity index (χ4v) is 1.13. The Labute approximate surface area is 69.5 Å². The summed E-state index contributed by atoms with van der Waals surface area (Å²) in [5.74, 6) is -0.614. The number of piperazine rings is 1. The average Bonchev–Trinajstić information content (AvgIpc) is 2.03. The summed E-state index contributed by atoms with van der Waals surface area (Å²) >= 11 is 0. The van der Waals surface area contributed by atoms with Crippen molar-refractivity contribution in [1.29, 1.82) is 0 Å². The van der Waals surface area contributed by atoms with E-state index in [0.717, 1.165) is 0 Å². The van der Waals surface area contributed by atoms with Crippen LogP contribution in [-0.2, 0) is 9.59 Å². The highest BCUT2D eigenvalue weighted by atomic mass is 16.5. The summed E-state index contributed by atoms with van der Waals surface area (Å²) in [5.41, 5.74) is 1.55. The molecule has 1 aliphatic rings. The molecule has 0 spiro atoms. The summed E-state index contributed by atoms with van der Waals surface area (Å²) in [4.78, 5) is 23.3. The Bertz CT molecular complexity index is 206. The molecular weight excluding hydrogens is 162 g/mol. The number of likely N-dealkylation sites (N-methyl/N-ethyl adjacent to an activating group) is 1. The number of carbonyl (C=O) groups is 2. The first-order chi connectivity index (χ1) is 5.65. The van der Waals surface area contributed by atoms with Crippen molar-refractivity contribution >= 4 is 11.8 Å². The van der Waals surface area contributed by atoms with E-state index in [1.165, 1.54) is 0 Å². The molecule has 1 fully saturated rings. The quantitative estimate of drug-likeness (QED) is 0.314. The first-order valence-electron chi connectivity index (χ1n) is 3.56. The van der Waals surface area contributed by atoms with Gasteiger partial charge in [0.05, 0.1) is 6.54 Å². The number of carbonyl (C=O) groups excluding carboxylic acids is 2. The summed E-state index contributed by atoms with van der Waals surface area (Å²) in [5, 5.41) is 10.9. The van der Waals surface area contributed by atoms with Gasteiger partial charge in [-0.05, 0) is 7.05 Å². The maximum Gasteiger partial charge on any atom is 0.262 e.